The Labute approximate surface area is 118 Å². The highest BCUT2D eigenvalue weighted by Gasteiger charge is 2.28. The van der Waals surface area contributed by atoms with Crippen LogP contribution in [0.15, 0.2) is 0 Å². The molecule has 0 aromatic rings. The number of hydrogen-bond acceptors (Lipinski definition) is 4. The predicted octanol–water partition coefficient (Wildman–Crippen LogP) is 0.732. The van der Waals surface area contributed by atoms with Crippen LogP contribution in [-0.2, 0) is 10.0 Å². The van der Waals surface area contributed by atoms with Gasteiger partial charge in [-0.15, -0.1) is 0 Å². The minimum atomic E-state index is -3.08. The van der Waals surface area contributed by atoms with Crippen LogP contribution in [-0.4, -0.2) is 69.7 Å². The fraction of sp³-hybridized carbons (Fsp3) is 1.00. The van der Waals surface area contributed by atoms with Crippen molar-refractivity contribution < 1.29 is 8.42 Å². The highest BCUT2D eigenvalue weighted by molar-refractivity contribution is 7.89. The predicted molar refractivity (Wildman–Crippen MR) is 79.8 cm³/mol. The zero-order valence-electron chi connectivity index (χ0n) is 12.6. The Morgan fingerprint density at radius 2 is 1.89 bits per heavy atom. The molecule has 0 atom stereocenters. The Morgan fingerprint density at radius 1 is 1.26 bits per heavy atom. The van der Waals surface area contributed by atoms with E-state index in [1.54, 1.807) is 11.4 Å². The number of rotatable bonds is 8. The maximum Gasteiger partial charge on any atom is 0.214 e. The standard InChI is InChI=1S/C13H29N3O2S/c1-4-14-9-5-6-12-19(17,18)16(3)13-7-10-15(2)11-8-13/h13-14H,4-12H2,1-3H3. The van der Waals surface area contributed by atoms with Crippen molar-refractivity contribution in [3.63, 3.8) is 0 Å². The van der Waals surface area contributed by atoms with Gasteiger partial charge in [0.15, 0.2) is 0 Å². The van der Waals surface area contributed by atoms with Gasteiger partial charge in [0.05, 0.1) is 5.75 Å². The molecule has 6 heteroatoms. The van der Waals surface area contributed by atoms with Crippen molar-refractivity contribution in [3.05, 3.63) is 0 Å². The molecular formula is C13H29N3O2S. The summed E-state index contributed by atoms with van der Waals surface area (Å²) in [5, 5.41) is 3.22. The summed E-state index contributed by atoms with van der Waals surface area (Å²) in [7, 11) is 0.757. The lowest BCUT2D eigenvalue weighted by Crippen LogP contribution is -2.45. The average Bonchev–Trinajstić information content (AvgIpc) is 2.38. The van der Waals surface area contributed by atoms with Gasteiger partial charge in [-0.05, 0) is 58.9 Å². The van der Waals surface area contributed by atoms with Gasteiger partial charge in [0, 0.05) is 13.1 Å². The maximum absolute atomic E-state index is 12.2. The van der Waals surface area contributed by atoms with Gasteiger partial charge in [0.1, 0.15) is 0 Å². The highest BCUT2D eigenvalue weighted by Crippen LogP contribution is 2.17. The van der Waals surface area contributed by atoms with Gasteiger partial charge in [0.2, 0.25) is 10.0 Å². The third-order valence-electron chi connectivity index (χ3n) is 3.90. The van der Waals surface area contributed by atoms with Crippen molar-refractivity contribution in [1.82, 2.24) is 14.5 Å². The molecule has 1 aliphatic heterocycles. The van der Waals surface area contributed by atoms with E-state index >= 15 is 0 Å². The van der Waals surface area contributed by atoms with E-state index < -0.39 is 10.0 Å². The molecule has 19 heavy (non-hydrogen) atoms. The number of nitrogens with one attached hydrogen (secondary N) is 1. The minimum absolute atomic E-state index is 0.190. The topological polar surface area (TPSA) is 52.7 Å². The molecule has 1 fully saturated rings. The number of nitrogens with zero attached hydrogens (tertiary/aromatic N) is 2. The summed E-state index contributed by atoms with van der Waals surface area (Å²) in [6, 6.07) is 0.190. The van der Waals surface area contributed by atoms with Gasteiger partial charge in [0.25, 0.3) is 0 Å². The first-order chi connectivity index (χ1) is 8.97. The second-order valence-electron chi connectivity index (χ2n) is 5.43. The molecule has 0 aliphatic carbocycles. The molecule has 0 amide bonds. The van der Waals surface area contributed by atoms with Gasteiger partial charge >= 0.3 is 0 Å². The Hall–Kier alpha value is -0.170. The zero-order valence-corrected chi connectivity index (χ0v) is 13.4. The molecule has 1 heterocycles. The molecule has 0 spiro atoms. The normalized spacial score (nSPS) is 19.2. The summed E-state index contributed by atoms with van der Waals surface area (Å²) in [5.41, 5.74) is 0. The summed E-state index contributed by atoms with van der Waals surface area (Å²) in [6.07, 6.45) is 3.56. The largest absolute Gasteiger partial charge is 0.317 e. The minimum Gasteiger partial charge on any atom is -0.317 e. The van der Waals surface area contributed by atoms with Crippen molar-refractivity contribution in [2.75, 3.05) is 46.0 Å². The first-order valence-corrected chi connectivity index (χ1v) is 8.93. The lowest BCUT2D eigenvalue weighted by molar-refractivity contribution is 0.197. The average molecular weight is 291 g/mol. The highest BCUT2D eigenvalue weighted by atomic mass is 32.2. The third-order valence-corrected chi connectivity index (χ3v) is 5.88. The fourth-order valence-corrected chi connectivity index (χ4v) is 3.96. The fourth-order valence-electron chi connectivity index (χ4n) is 2.44. The lowest BCUT2D eigenvalue weighted by Gasteiger charge is -2.34. The number of likely N-dealkylation sites (tertiary alicyclic amines) is 1. The molecule has 1 aliphatic rings. The van der Waals surface area contributed by atoms with Crippen LogP contribution in [0.1, 0.15) is 32.6 Å². The Bertz CT molecular complexity index is 338. The number of unbranched alkanes of at least 4 members (excludes halogenated alkanes) is 1. The molecule has 0 radical (unpaired) electrons. The van der Waals surface area contributed by atoms with Crippen molar-refractivity contribution in [2.45, 2.75) is 38.6 Å². The lowest BCUT2D eigenvalue weighted by atomic mass is 10.1. The van der Waals surface area contributed by atoms with Gasteiger partial charge in [-0.2, -0.15) is 0 Å². The smallest absolute Gasteiger partial charge is 0.214 e. The van der Waals surface area contributed by atoms with Crippen molar-refractivity contribution in [1.29, 1.82) is 0 Å². The summed E-state index contributed by atoms with van der Waals surface area (Å²) in [6.45, 7) is 5.90. The summed E-state index contributed by atoms with van der Waals surface area (Å²) >= 11 is 0. The van der Waals surface area contributed by atoms with Crippen LogP contribution in [0.25, 0.3) is 0 Å². The molecule has 1 saturated heterocycles. The Morgan fingerprint density at radius 3 is 2.47 bits per heavy atom. The van der Waals surface area contributed by atoms with Crippen molar-refractivity contribution in [3.8, 4) is 0 Å². The molecule has 0 bridgehead atoms. The van der Waals surface area contributed by atoms with E-state index in [1.807, 2.05) is 0 Å². The van der Waals surface area contributed by atoms with Crippen LogP contribution in [0.4, 0.5) is 0 Å². The van der Waals surface area contributed by atoms with E-state index in [2.05, 4.69) is 24.2 Å². The van der Waals surface area contributed by atoms with Crippen LogP contribution in [0.2, 0.25) is 0 Å². The zero-order chi connectivity index (χ0) is 14.3. The van der Waals surface area contributed by atoms with Crippen LogP contribution < -0.4 is 5.32 Å². The van der Waals surface area contributed by atoms with Crippen LogP contribution in [0.3, 0.4) is 0 Å². The quantitative estimate of drug-likeness (QED) is 0.670. The number of hydrogen-bond donors (Lipinski definition) is 1. The van der Waals surface area contributed by atoms with E-state index in [0.29, 0.717) is 0 Å². The molecule has 1 N–H and O–H groups in total. The molecule has 0 unspecified atom stereocenters. The van der Waals surface area contributed by atoms with Crippen LogP contribution in [0.5, 0.6) is 0 Å². The number of sulfonamides is 1. The van der Waals surface area contributed by atoms with Crippen molar-refractivity contribution in [2.24, 2.45) is 0 Å². The van der Waals surface area contributed by atoms with Gasteiger partial charge in [-0.3, -0.25) is 0 Å². The van der Waals surface area contributed by atoms with Gasteiger partial charge in [-0.25, -0.2) is 12.7 Å². The maximum atomic E-state index is 12.2. The van der Waals surface area contributed by atoms with E-state index in [0.717, 1.165) is 51.9 Å². The molecule has 114 valence electrons. The van der Waals surface area contributed by atoms with E-state index in [4.69, 9.17) is 0 Å². The summed E-state index contributed by atoms with van der Waals surface area (Å²) in [4.78, 5) is 2.26. The first-order valence-electron chi connectivity index (χ1n) is 7.32. The van der Waals surface area contributed by atoms with E-state index in [-0.39, 0.29) is 11.8 Å². The number of piperidine rings is 1. The van der Waals surface area contributed by atoms with Gasteiger partial charge in [-0.1, -0.05) is 6.92 Å². The third kappa shape index (κ3) is 5.77. The van der Waals surface area contributed by atoms with Crippen LogP contribution >= 0.6 is 0 Å². The summed E-state index contributed by atoms with van der Waals surface area (Å²) < 4.78 is 26.1. The monoisotopic (exact) mass is 291 g/mol. The van der Waals surface area contributed by atoms with E-state index in [9.17, 15) is 8.42 Å². The van der Waals surface area contributed by atoms with Crippen LogP contribution in [0, 0.1) is 0 Å². The van der Waals surface area contributed by atoms with E-state index in [1.165, 1.54) is 0 Å². The van der Waals surface area contributed by atoms with Crippen molar-refractivity contribution >= 4 is 10.0 Å². The SMILES string of the molecule is CCNCCCCS(=O)(=O)N(C)C1CCN(C)CC1. The summed E-state index contributed by atoms with van der Waals surface area (Å²) in [5.74, 6) is 0.279. The molecular weight excluding hydrogens is 262 g/mol. The molecule has 5 nitrogen and oxygen atoms in total. The van der Waals surface area contributed by atoms with Gasteiger partial charge < -0.3 is 10.2 Å². The molecule has 0 saturated carbocycles. The molecule has 0 aromatic carbocycles. The molecule has 0 aromatic heterocycles. The Kier molecular flexibility index (Phi) is 7.28. The second-order valence-corrected chi connectivity index (χ2v) is 7.58. The molecule has 1 rings (SSSR count). The first kappa shape index (κ1) is 16.9. The Balaban J connectivity index is 2.34. The second kappa shape index (κ2) is 8.19.